The van der Waals surface area contributed by atoms with Crippen LogP contribution in [0.15, 0.2) is 12.3 Å². The summed E-state index contributed by atoms with van der Waals surface area (Å²) in [6, 6.07) is 1.72. The van der Waals surface area contributed by atoms with E-state index >= 15 is 0 Å². The van der Waals surface area contributed by atoms with Crippen LogP contribution in [0.1, 0.15) is 13.8 Å². The molecule has 0 aliphatic heterocycles. The average molecular weight is 262 g/mol. The van der Waals surface area contributed by atoms with Crippen molar-refractivity contribution in [2.24, 2.45) is 0 Å². The summed E-state index contributed by atoms with van der Waals surface area (Å²) in [5.41, 5.74) is 0. The Balaban J connectivity index is 2.70. The molecule has 1 aromatic heterocycles. The van der Waals surface area contributed by atoms with E-state index in [4.69, 9.17) is 23.2 Å². The molecule has 0 aliphatic rings. The molecule has 0 spiro atoms. The van der Waals surface area contributed by atoms with Crippen LogP contribution in [0.3, 0.4) is 0 Å². The van der Waals surface area contributed by atoms with Gasteiger partial charge in [0.15, 0.2) is 0 Å². The third-order valence-electron chi connectivity index (χ3n) is 2.28. The highest BCUT2D eigenvalue weighted by Crippen LogP contribution is 2.25. The fourth-order valence-corrected chi connectivity index (χ4v) is 1.94. The molecule has 0 bridgehead atoms. The van der Waals surface area contributed by atoms with Crippen LogP contribution in [0.25, 0.3) is 0 Å². The van der Waals surface area contributed by atoms with Gasteiger partial charge in [-0.25, -0.2) is 4.98 Å². The minimum absolute atomic E-state index is 0.566. The molecule has 16 heavy (non-hydrogen) atoms. The maximum atomic E-state index is 6.11. The van der Waals surface area contributed by atoms with Crippen molar-refractivity contribution in [1.29, 1.82) is 0 Å². The molecule has 0 amide bonds. The van der Waals surface area contributed by atoms with E-state index in [1.54, 1.807) is 12.3 Å². The molecule has 1 heterocycles. The summed E-state index contributed by atoms with van der Waals surface area (Å²) < 4.78 is 0. The zero-order valence-corrected chi connectivity index (χ0v) is 11.1. The summed E-state index contributed by atoms with van der Waals surface area (Å²) in [6.45, 7) is 7.82. The van der Waals surface area contributed by atoms with Crippen LogP contribution < -0.4 is 10.2 Å². The van der Waals surface area contributed by atoms with Gasteiger partial charge in [0.2, 0.25) is 0 Å². The Morgan fingerprint density at radius 3 is 2.69 bits per heavy atom. The fraction of sp³-hybridized carbons (Fsp3) is 0.545. The third-order valence-corrected chi connectivity index (χ3v) is 2.76. The predicted molar refractivity (Wildman–Crippen MR) is 70.7 cm³/mol. The van der Waals surface area contributed by atoms with Gasteiger partial charge in [0.1, 0.15) is 5.82 Å². The third kappa shape index (κ3) is 3.81. The Morgan fingerprint density at radius 1 is 1.38 bits per heavy atom. The largest absolute Gasteiger partial charge is 0.354 e. The first-order chi connectivity index (χ1) is 7.69. The number of hydrogen-bond acceptors (Lipinski definition) is 3. The molecule has 90 valence electrons. The van der Waals surface area contributed by atoms with Crippen LogP contribution in [0.2, 0.25) is 10.0 Å². The lowest BCUT2D eigenvalue weighted by Gasteiger charge is -2.22. The van der Waals surface area contributed by atoms with Gasteiger partial charge >= 0.3 is 0 Å². The van der Waals surface area contributed by atoms with Crippen molar-refractivity contribution >= 4 is 29.0 Å². The average Bonchev–Trinajstić information content (AvgIpc) is 2.26. The highest BCUT2D eigenvalue weighted by molar-refractivity contribution is 6.35. The van der Waals surface area contributed by atoms with Crippen LogP contribution in [0.5, 0.6) is 0 Å². The molecule has 1 rings (SSSR count). The van der Waals surface area contributed by atoms with Crippen molar-refractivity contribution in [3.8, 4) is 0 Å². The fourth-order valence-electron chi connectivity index (χ4n) is 1.44. The van der Waals surface area contributed by atoms with Gasteiger partial charge in [0.05, 0.1) is 10.0 Å². The van der Waals surface area contributed by atoms with Crippen molar-refractivity contribution < 1.29 is 0 Å². The number of nitrogens with one attached hydrogen (secondary N) is 1. The van der Waals surface area contributed by atoms with Crippen LogP contribution in [-0.2, 0) is 0 Å². The summed E-state index contributed by atoms with van der Waals surface area (Å²) in [6.07, 6.45) is 1.62. The normalized spacial score (nSPS) is 10.5. The summed E-state index contributed by atoms with van der Waals surface area (Å²) in [7, 11) is 0. The first-order valence-electron chi connectivity index (χ1n) is 5.45. The minimum Gasteiger partial charge on any atom is -0.354 e. The Kier molecular flexibility index (Phi) is 5.88. The second-order valence-electron chi connectivity index (χ2n) is 3.39. The molecule has 0 unspecified atom stereocenters. The van der Waals surface area contributed by atoms with Crippen molar-refractivity contribution in [2.75, 3.05) is 31.1 Å². The second-order valence-corrected chi connectivity index (χ2v) is 4.24. The van der Waals surface area contributed by atoms with Gasteiger partial charge in [-0.3, -0.25) is 0 Å². The Labute approximate surface area is 107 Å². The Bertz CT molecular complexity index is 331. The minimum atomic E-state index is 0.566. The number of aromatic nitrogens is 1. The molecular formula is C11H17Cl2N3. The summed E-state index contributed by atoms with van der Waals surface area (Å²) in [5.74, 6) is 0.798. The lowest BCUT2D eigenvalue weighted by atomic mass is 10.4. The van der Waals surface area contributed by atoms with Gasteiger partial charge < -0.3 is 10.2 Å². The lowest BCUT2D eigenvalue weighted by Crippen LogP contribution is -2.32. The van der Waals surface area contributed by atoms with Crippen molar-refractivity contribution in [3.05, 3.63) is 22.3 Å². The molecule has 0 saturated heterocycles. The first kappa shape index (κ1) is 13.6. The van der Waals surface area contributed by atoms with Crippen LogP contribution in [-0.4, -0.2) is 31.2 Å². The van der Waals surface area contributed by atoms with E-state index in [1.165, 1.54) is 0 Å². The SMILES string of the molecule is CCNCCN(CC)c1ncc(Cl)cc1Cl. The summed E-state index contributed by atoms with van der Waals surface area (Å²) >= 11 is 11.9. The molecule has 0 saturated carbocycles. The van der Waals surface area contributed by atoms with Gasteiger partial charge in [-0.15, -0.1) is 0 Å². The van der Waals surface area contributed by atoms with Crippen LogP contribution >= 0.6 is 23.2 Å². The van der Waals surface area contributed by atoms with Crippen molar-refractivity contribution in [2.45, 2.75) is 13.8 Å². The zero-order chi connectivity index (χ0) is 12.0. The molecule has 5 heteroatoms. The molecule has 0 radical (unpaired) electrons. The number of anilines is 1. The Hall–Kier alpha value is -0.510. The van der Waals surface area contributed by atoms with Gasteiger partial charge in [-0.2, -0.15) is 0 Å². The van der Waals surface area contributed by atoms with E-state index in [-0.39, 0.29) is 0 Å². The van der Waals surface area contributed by atoms with Crippen LogP contribution in [0, 0.1) is 0 Å². The van der Waals surface area contributed by atoms with E-state index in [9.17, 15) is 0 Å². The van der Waals surface area contributed by atoms with E-state index in [0.717, 1.165) is 32.0 Å². The van der Waals surface area contributed by atoms with Gasteiger partial charge in [-0.1, -0.05) is 30.1 Å². The smallest absolute Gasteiger partial charge is 0.147 e. The maximum Gasteiger partial charge on any atom is 0.147 e. The highest BCUT2D eigenvalue weighted by atomic mass is 35.5. The van der Waals surface area contributed by atoms with Gasteiger partial charge in [0.25, 0.3) is 0 Å². The first-order valence-corrected chi connectivity index (χ1v) is 6.21. The number of rotatable bonds is 6. The van der Waals surface area contributed by atoms with E-state index in [2.05, 4.69) is 29.0 Å². The molecule has 0 atom stereocenters. The van der Waals surface area contributed by atoms with Gasteiger partial charge in [0, 0.05) is 25.8 Å². The number of halogens is 2. The van der Waals surface area contributed by atoms with E-state index in [1.807, 2.05) is 0 Å². The predicted octanol–water partition coefficient (Wildman–Crippen LogP) is 2.82. The Morgan fingerprint density at radius 2 is 2.12 bits per heavy atom. The van der Waals surface area contributed by atoms with E-state index < -0.39 is 0 Å². The second kappa shape index (κ2) is 6.94. The molecule has 0 aliphatic carbocycles. The van der Waals surface area contributed by atoms with Crippen LogP contribution in [0.4, 0.5) is 5.82 Å². The van der Waals surface area contributed by atoms with E-state index in [0.29, 0.717) is 10.0 Å². The zero-order valence-electron chi connectivity index (χ0n) is 9.63. The molecule has 3 nitrogen and oxygen atoms in total. The number of likely N-dealkylation sites (N-methyl/N-ethyl adjacent to an activating group) is 2. The molecule has 0 aromatic carbocycles. The molecule has 0 fully saturated rings. The van der Waals surface area contributed by atoms with Crippen molar-refractivity contribution in [3.63, 3.8) is 0 Å². The quantitative estimate of drug-likeness (QED) is 0.799. The lowest BCUT2D eigenvalue weighted by molar-refractivity contribution is 0.684. The number of pyridine rings is 1. The molecular weight excluding hydrogens is 245 g/mol. The van der Waals surface area contributed by atoms with Gasteiger partial charge in [-0.05, 0) is 19.5 Å². The number of nitrogens with zero attached hydrogens (tertiary/aromatic N) is 2. The highest BCUT2D eigenvalue weighted by Gasteiger charge is 2.10. The topological polar surface area (TPSA) is 28.2 Å². The molecule has 1 aromatic rings. The standard InChI is InChI=1S/C11H17Cl2N3/c1-3-14-5-6-16(4-2)11-10(13)7-9(12)8-15-11/h7-8,14H,3-6H2,1-2H3. The maximum absolute atomic E-state index is 6.11. The summed E-state index contributed by atoms with van der Waals surface area (Å²) in [5, 5.41) is 4.44. The summed E-state index contributed by atoms with van der Waals surface area (Å²) in [4.78, 5) is 6.39. The van der Waals surface area contributed by atoms with Crippen molar-refractivity contribution in [1.82, 2.24) is 10.3 Å². The monoisotopic (exact) mass is 261 g/mol. The number of hydrogen-bond donors (Lipinski definition) is 1. The molecule has 1 N–H and O–H groups in total.